The second-order valence-electron chi connectivity index (χ2n) is 10.3. The lowest BCUT2D eigenvalue weighted by molar-refractivity contribution is -0.0319. The van der Waals surface area contributed by atoms with Crippen molar-refractivity contribution < 1.29 is 0 Å². The van der Waals surface area contributed by atoms with Crippen molar-refractivity contribution in [2.24, 2.45) is 52.3 Å². The van der Waals surface area contributed by atoms with Crippen LogP contribution in [0.1, 0.15) is 58.3 Å². The number of nitrogens with one attached hydrogen (secondary N) is 1. The van der Waals surface area contributed by atoms with Gasteiger partial charge in [0, 0.05) is 5.71 Å². The van der Waals surface area contributed by atoms with Crippen molar-refractivity contribution in [1.29, 1.82) is 5.41 Å². The number of hydrogen-bond acceptors (Lipinski definition) is 1. The zero-order valence-corrected chi connectivity index (χ0v) is 15.1. The van der Waals surface area contributed by atoms with Crippen LogP contribution in [-0.4, -0.2) is 5.71 Å². The second kappa shape index (κ2) is 4.27. The molecule has 0 aromatic heterocycles. The monoisotopic (exact) mass is 321 g/mol. The van der Waals surface area contributed by atoms with Gasteiger partial charge in [0.25, 0.3) is 0 Å². The molecule has 8 atom stereocenters. The van der Waals surface area contributed by atoms with Gasteiger partial charge < -0.3 is 5.41 Å². The van der Waals surface area contributed by atoms with Crippen LogP contribution in [0.2, 0.25) is 0 Å². The Hall–Kier alpha value is -0.850. The van der Waals surface area contributed by atoms with E-state index in [0.29, 0.717) is 10.8 Å². The van der Waals surface area contributed by atoms with Gasteiger partial charge in [-0.15, -0.1) is 6.58 Å². The van der Waals surface area contributed by atoms with Gasteiger partial charge in [-0.25, -0.2) is 0 Å². The third-order valence-electron chi connectivity index (χ3n) is 9.83. The average molecular weight is 322 g/mol. The molecule has 0 bridgehead atoms. The van der Waals surface area contributed by atoms with Crippen LogP contribution in [0.3, 0.4) is 0 Å². The Labute approximate surface area is 146 Å². The molecule has 0 heterocycles. The predicted octanol–water partition coefficient (Wildman–Crippen LogP) is 5.63. The summed E-state index contributed by atoms with van der Waals surface area (Å²) in [6.45, 7) is 6.92. The first-order valence-corrected chi connectivity index (χ1v) is 10.5. The van der Waals surface area contributed by atoms with Gasteiger partial charge in [0.2, 0.25) is 0 Å². The average Bonchev–Trinajstić information content (AvgIpc) is 3.49. The Morgan fingerprint density at radius 3 is 2.71 bits per heavy atom. The highest BCUT2D eigenvalue weighted by molar-refractivity contribution is 5.94. The summed E-state index contributed by atoms with van der Waals surface area (Å²) in [7, 11) is 0. The van der Waals surface area contributed by atoms with Crippen molar-refractivity contribution in [2.75, 3.05) is 0 Å². The molecule has 6 aliphatic carbocycles. The quantitative estimate of drug-likeness (QED) is 0.605. The van der Waals surface area contributed by atoms with E-state index in [0.717, 1.165) is 53.6 Å². The highest BCUT2D eigenvalue weighted by Crippen LogP contribution is 2.77. The summed E-state index contributed by atoms with van der Waals surface area (Å²) in [5.74, 6) is 6.63. The summed E-state index contributed by atoms with van der Waals surface area (Å²) >= 11 is 0. The summed E-state index contributed by atoms with van der Waals surface area (Å²) < 4.78 is 0. The molecule has 1 nitrogen and oxygen atoms in total. The van der Waals surface area contributed by atoms with Crippen molar-refractivity contribution in [3.05, 3.63) is 24.3 Å². The summed E-state index contributed by atoms with van der Waals surface area (Å²) in [6.07, 6.45) is 15.7. The van der Waals surface area contributed by atoms with Crippen LogP contribution in [0, 0.1) is 57.7 Å². The first kappa shape index (κ1) is 14.3. The fourth-order valence-corrected chi connectivity index (χ4v) is 8.57. The van der Waals surface area contributed by atoms with E-state index in [1.807, 2.05) is 0 Å². The van der Waals surface area contributed by atoms with E-state index in [4.69, 9.17) is 5.41 Å². The van der Waals surface area contributed by atoms with Crippen LogP contribution in [0.25, 0.3) is 0 Å². The van der Waals surface area contributed by atoms with Crippen LogP contribution in [-0.2, 0) is 0 Å². The molecule has 128 valence electrons. The molecular weight excluding hydrogens is 290 g/mol. The Balaban J connectivity index is 1.44. The molecule has 0 saturated heterocycles. The van der Waals surface area contributed by atoms with Crippen LogP contribution in [0.15, 0.2) is 24.3 Å². The summed E-state index contributed by atoms with van der Waals surface area (Å²) in [5, 5.41) is 8.20. The molecular formula is C23H31N. The van der Waals surface area contributed by atoms with E-state index in [9.17, 15) is 0 Å². The molecule has 1 spiro atoms. The Morgan fingerprint density at radius 2 is 1.96 bits per heavy atom. The number of allylic oxidation sites excluding steroid dienone is 3. The van der Waals surface area contributed by atoms with Gasteiger partial charge in [-0.2, -0.15) is 0 Å². The summed E-state index contributed by atoms with van der Waals surface area (Å²) in [6, 6.07) is 0. The number of fused-ring (bicyclic) bond motifs is 8. The fourth-order valence-electron chi connectivity index (χ4n) is 8.57. The molecule has 6 rings (SSSR count). The van der Waals surface area contributed by atoms with Gasteiger partial charge in [0.15, 0.2) is 0 Å². The molecule has 24 heavy (non-hydrogen) atoms. The molecule has 6 aliphatic rings. The van der Waals surface area contributed by atoms with E-state index < -0.39 is 0 Å². The van der Waals surface area contributed by atoms with Crippen LogP contribution in [0.5, 0.6) is 0 Å². The SMILES string of the molecule is C=CC12CCC3C4CCC(=N)C=C4C4(CC4)CC3C1C1CC1C2C. The lowest BCUT2D eigenvalue weighted by Gasteiger charge is -2.57. The summed E-state index contributed by atoms with van der Waals surface area (Å²) in [5.41, 5.74) is 3.68. The normalized spacial score (nSPS) is 55.8. The zero-order chi connectivity index (χ0) is 16.3. The minimum atomic E-state index is 0.480. The van der Waals surface area contributed by atoms with Crippen molar-refractivity contribution in [3.8, 4) is 0 Å². The van der Waals surface area contributed by atoms with Crippen LogP contribution >= 0.6 is 0 Å². The molecule has 0 aliphatic heterocycles. The molecule has 0 amide bonds. The van der Waals surface area contributed by atoms with Gasteiger partial charge in [-0.05, 0) is 110 Å². The molecule has 0 aromatic rings. The maximum Gasteiger partial charge on any atom is 0.0314 e. The van der Waals surface area contributed by atoms with Gasteiger partial charge in [-0.1, -0.05) is 18.6 Å². The molecule has 0 aromatic carbocycles. The third-order valence-corrected chi connectivity index (χ3v) is 9.83. The van der Waals surface area contributed by atoms with Crippen molar-refractivity contribution in [2.45, 2.75) is 58.3 Å². The van der Waals surface area contributed by atoms with Crippen LogP contribution < -0.4 is 0 Å². The van der Waals surface area contributed by atoms with Gasteiger partial charge in [0.05, 0.1) is 0 Å². The lowest BCUT2D eigenvalue weighted by Crippen LogP contribution is -2.50. The van der Waals surface area contributed by atoms with E-state index in [-0.39, 0.29) is 0 Å². The first-order chi connectivity index (χ1) is 11.6. The van der Waals surface area contributed by atoms with Crippen molar-refractivity contribution in [3.63, 3.8) is 0 Å². The third kappa shape index (κ3) is 1.52. The summed E-state index contributed by atoms with van der Waals surface area (Å²) in [4.78, 5) is 0. The Kier molecular flexibility index (Phi) is 2.55. The van der Waals surface area contributed by atoms with Crippen molar-refractivity contribution in [1.82, 2.24) is 0 Å². The van der Waals surface area contributed by atoms with E-state index in [2.05, 4.69) is 25.7 Å². The maximum atomic E-state index is 8.20. The van der Waals surface area contributed by atoms with E-state index in [1.54, 1.807) is 5.57 Å². The molecule has 1 N–H and O–H groups in total. The molecule has 5 saturated carbocycles. The highest BCUT2D eigenvalue weighted by atomic mass is 14.7. The molecule has 5 fully saturated rings. The fraction of sp³-hybridized carbons (Fsp3) is 0.783. The standard InChI is InChI=1S/C23H31N/c1-3-23-7-6-15-16-5-4-14(24)10-20(16)22(8-9-22)12-19(15)21(23)18-11-17(18)13(23)2/h3,10,13,15-19,21,24H,1,4-9,11-12H2,2H3. The van der Waals surface area contributed by atoms with E-state index >= 15 is 0 Å². The number of hydrogen-bond donors (Lipinski definition) is 1. The second-order valence-corrected chi connectivity index (χ2v) is 10.3. The van der Waals surface area contributed by atoms with Crippen molar-refractivity contribution >= 4 is 5.71 Å². The smallest absolute Gasteiger partial charge is 0.0314 e. The predicted molar refractivity (Wildman–Crippen MR) is 97.9 cm³/mol. The minimum absolute atomic E-state index is 0.480. The number of rotatable bonds is 1. The lowest BCUT2D eigenvalue weighted by atomic mass is 9.47. The van der Waals surface area contributed by atoms with Gasteiger partial charge in [0.1, 0.15) is 0 Å². The highest BCUT2D eigenvalue weighted by Gasteiger charge is 2.70. The van der Waals surface area contributed by atoms with Gasteiger partial charge >= 0.3 is 0 Å². The first-order valence-electron chi connectivity index (χ1n) is 10.5. The minimum Gasteiger partial charge on any atom is -0.305 e. The zero-order valence-electron chi connectivity index (χ0n) is 15.1. The van der Waals surface area contributed by atoms with Gasteiger partial charge in [-0.3, -0.25) is 0 Å². The van der Waals surface area contributed by atoms with Crippen LogP contribution in [0.4, 0.5) is 0 Å². The molecule has 0 radical (unpaired) electrons. The Morgan fingerprint density at radius 1 is 1.12 bits per heavy atom. The molecule has 1 heteroatoms. The van der Waals surface area contributed by atoms with E-state index in [1.165, 1.54) is 44.9 Å². The maximum absolute atomic E-state index is 8.20. The largest absolute Gasteiger partial charge is 0.305 e. The molecule has 8 unspecified atom stereocenters. The topological polar surface area (TPSA) is 23.9 Å². The Bertz CT molecular complexity index is 668.